The molecule has 0 radical (unpaired) electrons. The van der Waals surface area contributed by atoms with Crippen molar-refractivity contribution >= 4 is 23.2 Å². The van der Waals surface area contributed by atoms with E-state index >= 15 is 0 Å². The van der Waals surface area contributed by atoms with Crippen LogP contribution in [0.2, 0.25) is 5.02 Å². The highest BCUT2D eigenvalue weighted by molar-refractivity contribution is 6.32. The molecule has 3 rings (SSSR count). The molecule has 1 saturated carbocycles. The van der Waals surface area contributed by atoms with Crippen molar-refractivity contribution < 1.29 is 18.0 Å². The third-order valence-corrected chi connectivity index (χ3v) is 4.73. The highest BCUT2D eigenvalue weighted by Gasteiger charge is 2.41. The molecule has 4 nitrogen and oxygen atoms in total. The molecule has 26 heavy (non-hydrogen) atoms. The SMILES string of the molecule is CCc1ccc(NC(=O)CCn2nc(C(F)(F)F)c(Cl)c2C2CC2)cc1. The second-order valence-electron chi connectivity index (χ2n) is 6.39. The molecule has 1 heterocycles. The van der Waals surface area contributed by atoms with Crippen LogP contribution in [0.3, 0.4) is 0 Å². The Bertz CT molecular complexity index is 795. The predicted molar refractivity (Wildman–Crippen MR) is 93.3 cm³/mol. The number of amides is 1. The van der Waals surface area contributed by atoms with Gasteiger partial charge >= 0.3 is 6.18 Å². The lowest BCUT2D eigenvalue weighted by Gasteiger charge is -2.08. The number of anilines is 1. The van der Waals surface area contributed by atoms with Crippen LogP contribution in [0.25, 0.3) is 0 Å². The fraction of sp³-hybridized carbons (Fsp3) is 0.444. The van der Waals surface area contributed by atoms with Gasteiger partial charge in [-0.3, -0.25) is 9.48 Å². The summed E-state index contributed by atoms with van der Waals surface area (Å²) >= 11 is 5.92. The van der Waals surface area contributed by atoms with Crippen molar-refractivity contribution in [1.29, 1.82) is 0 Å². The molecule has 0 bridgehead atoms. The highest BCUT2D eigenvalue weighted by atomic mass is 35.5. The molecule has 1 aromatic heterocycles. The lowest BCUT2D eigenvalue weighted by Crippen LogP contribution is -2.16. The summed E-state index contributed by atoms with van der Waals surface area (Å²) in [5.74, 6) is -0.285. The Morgan fingerprint density at radius 2 is 1.96 bits per heavy atom. The molecule has 2 aromatic rings. The van der Waals surface area contributed by atoms with Crippen LogP contribution >= 0.6 is 11.6 Å². The topological polar surface area (TPSA) is 46.9 Å². The number of alkyl halides is 3. The van der Waals surface area contributed by atoms with E-state index in [1.54, 1.807) is 12.1 Å². The number of hydrogen-bond acceptors (Lipinski definition) is 2. The average Bonchev–Trinajstić information content (AvgIpc) is 3.36. The zero-order valence-electron chi connectivity index (χ0n) is 14.2. The molecule has 1 amide bonds. The fourth-order valence-electron chi connectivity index (χ4n) is 2.81. The van der Waals surface area contributed by atoms with Crippen molar-refractivity contribution in [2.75, 3.05) is 5.32 Å². The number of benzene rings is 1. The van der Waals surface area contributed by atoms with Gasteiger partial charge in [0.1, 0.15) is 0 Å². The first-order chi connectivity index (χ1) is 12.3. The molecule has 1 fully saturated rings. The number of hydrogen-bond donors (Lipinski definition) is 1. The molecule has 0 saturated heterocycles. The summed E-state index contributed by atoms with van der Waals surface area (Å²) in [6.07, 6.45) is -2.10. The van der Waals surface area contributed by atoms with Gasteiger partial charge in [-0.2, -0.15) is 18.3 Å². The van der Waals surface area contributed by atoms with Crippen LogP contribution in [0.15, 0.2) is 24.3 Å². The smallest absolute Gasteiger partial charge is 0.326 e. The number of carbonyl (C=O) groups excluding carboxylic acids is 1. The summed E-state index contributed by atoms with van der Waals surface area (Å²) in [7, 11) is 0. The van der Waals surface area contributed by atoms with Crippen LogP contribution < -0.4 is 5.32 Å². The number of halogens is 4. The van der Waals surface area contributed by atoms with Crippen LogP contribution in [0.1, 0.15) is 49.1 Å². The van der Waals surface area contributed by atoms with Crippen LogP contribution in [0.4, 0.5) is 18.9 Å². The normalized spacial score (nSPS) is 14.5. The Morgan fingerprint density at radius 3 is 2.50 bits per heavy atom. The monoisotopic (exact) mass is 385 g/mol. The second-order valence-corrected chi connectivity index (χ2v) is 6.77. The average molecular weight is 386 g/mol. The van der Waals surface area contributed by atoms with E-state index in [2.05, 4.69) is 10.4 Å². The third-order valence-electron chi connectivity index (χ3n) is 4.36. The van der Waals surface area contributed by atoms with Gasteiger partial charge in [-0.05, 0) is 37.0 Å². The summed E-state index contributed by atoms with van der Waals surface area (Å²) in [5.41, 5.74) is 1.13. The zero-order valence-corrected chi connectivity index (χ0v) is 15.0. The maximum absolute atomic E-state index is 13.0. The summed E-state index contributed by atoms with van der Waals surface area (Å²) in [6.45, 7) is 2.09. The molecule has 0 atom stereocenters. The summed E-state index contributed by atoms with van der Waals surface area (Å²) < 4.78 is 40.3. The summed E-state index contributed by atoms with van der Waals surface area (Å²) in [4.78, 5) is 12.1. The maximum Gasteiger partial charge on any atom is 0.436 e. The summed E-state index contributed by atoms with van der Waals surface area (Å²) in [5, 5.41) is 6.03. The van der Waals surface area contributed by atoms with E-state index in [1.165, 1.54) is 4.68 Å². The van der Waals surface area contributed by atoms with Gasteiger partial charge in [-0.25, -0.2) is 0 Å². The fourth-order valence-corrected chi connectivity index (χ4v) is 3.20. The molecule has 1 aliphatic rings. The second kappa shape index (κ2) is 7.31. The predicted octanol–water partition coefficient (Wildman–Crippen LogP) is 5.02. The third kappa shape index (κ3) is 4.20. The molecule has 0 spiro atoms. The van der Waals surface area contributed by atoms with Gasteiger partial charge in [0.15, 0.2) is 5.69 Å². The molecule has 1 aromatic carbocycles. The Hall–Kier alpha value is -2.02. The van der Waals surface area contributed by atoms with Crippen LogP contribution in [-0.2, 0) is 23.9 Å². The summed E-state index contributed by atoms with van der Waals surface area (Å²) in [6, 6.07) is 7.45. The van der Waals surface area contributed by atoms with Gasteiger partial charge in [0.2, 0.25) is 5.91 Å². The number of rotatable bonds is 6. The van der Waals surface area contributed by atoms with E-state index in [4.69, 9.17) is 11.6 Å². The van der Waals surface area contributed by atoms with Gasteiger partial charge < -0.3 is 5.32 Å². The molecular weight excluding hydrogens is 367 g/mol. The Labute approximate surface area is 154 Å². The maximum atomic E-state index is 13.0. The van der Waals surface area contributed by atoms with E-state index < -0.39 is 11.9 Å². The lowest BCUT2D eigenvalue weighted by atomic mass is 10.1. The van der Waals surface area contributed by atoms with Crippen LogP contribution in [-0.4, -0.2) is 15.7 Å². The van der Waals surface area contributed by atoms with E-state index in [9.17, 15) is 18.0 Å². The van der Waals surface area contributed by atoms with Gasteiger partial charge in [-0.15, -0.1) is 0 Å². The van der Waals surface area contributed by atoms with Crippen molar-refractivity contribution in [2.45, 2.75) is 51.2 Å². The van der Waals surface area contributed by atoms with E-state index in [1.807, 2.05) is 19.1 Å². The Kier molecular flexibility index (Phi) is 5.27. The molecule has 0 aliphatic heterocycles. The first-order valence-electron chi connectivity index (χ1n) is 8.51. The van der Waals surface area contributed by atoms with Crippen molar-refractivity contribution in [3.05, 3.63) is 46.2 Å². The first kappa shape index (κ1) is 18.8. The minimum atomic E-state index is -4.60. The van der Waals surface area contributed by atoms with Crippen LogP contribution in [0, 0.1) is 0 Å². The standard InChI is InChI=1S/C18H19ClF3N3O/c1-2-11-3-7-13(8-4-11)23-14(26)9-10-25-16(12-5-6-12)15(19)17(24-25)18(20,21)22/h3-4,7-8,12H,2,5-6,9-10H2,1H3,(H,23,26). The number of nitrogens with one attached hydrogen (secondary N) is 1. The van der Waals surface area contributed by atoms with Gasteiger partial charge in [-0.1, -0.05) is 30.7 Å². The zero-order chi connectivity index (χ0) is 18.9. The Morgan fingerprint density at radius 1 is 1.31 bits per heavy atom. The van der Waals surface area contributed by atoms with E-state index in [0.29, 0.717) is 11.4 Å². The molecule has 1 N–H and O–H groups in total. The molecule has 1 aliphatic carbocycles. The van der Waals surface area contributed by atoms with Crippen molar-refractivity contribution in [1.82, 2.24) is 9.78 Å². The van der Waals surface area contributed by atoms with Crippen molar-refractivity contribution in [3.63, 3.8) is 0 Å². The van der Waals surface area contributed by atoms with Crippen molar-refractivity contribution in [3.8, 4) is 0 Å². The van der Waals surface area contributed by atoms with Crippen molar-refractivity contribution in [2.24, 2.45) is 0 Å². The minimum Gasteiger partial charge on any atom is -0.326 e. The van der Waals surface area contributed by atoms with Gasteiger partial charge in [0.25, 0.3) is 0 Å². The molecule has 0 unspecified atom stereocenters. The number of aryl methyl sites for hydroxylation is 2. The lowest BCUT2D eigenvalue weighted by molar-refractivity contribution is -0.141. The highest BCUT2D eigenvalue weighted by Crippen LogP contribution is 2.46. The number of nitrogens with zero attached hydrogens (tertiary/aromatic N) is 2. The molecule has 140 valence electrons. The molecule has 8 heteroatoms. The van der Waals surface area contributed by atoms with Crippen LogP contribution in [0.5, 0.6) is 0 Å². The Balaban J connectivity index is 1.67. The number of carbonyl (C=O) groups is 1. The van der Waals surface area contributed by atoms with E-state index in [0.717, 1.165) is 24.8 Å². The quantitative estimate of drug-likeness (QED) is 0.758. The largest absolute Gasteiger partial charge is 0.436 e. The first-order valence-corrected chi connectivity index (χ1v) is 8.89. The van der Waals surface area contributed by atoms with Gasteiger partial charge in [0.05, 0.1) is 17.3 Å². The van der Waals surface area contributed by atoms with E-state index in [-0.39, 0.29) is 29.8 Å². The number of aromatic nitrogens is 2. The minimum absolute atomic E-state index is 0.00394. The molecular formula is C18H19ClF3N3O. The van der Waals surface area contributed by atoms with Gasteiger partial charge in [0, 0.05) is 18.0 Å².